The molecule has 1 aromatic rings. The molecule has 2 unspecified atom stereocenters. The number of benzene rings is 1. The number of halogens is 3. The lowest BCUT2D eigenvalue weighted by atomic mass is 10.3. The van der Waals surface area contributed by atoms with Crippen molar-refractivity contribution < 1.29 is 13.2 Å². The molecule has 20 heavy (non-hydrogen) atoms. The van der Waals surface area contributed by atoms with E-state index >= 15 is 0 Å². The molecule has 0 aromatic heterocycles. The fourth-order valence-corrected chi connectivity index (χ4v) is 4.34. The van der Waals surface area contributed by atoms with Crippen LogP contribution < -0.4 is 15.4 Å². The van der Waals surface area contributed by atoms with E-state index in [4.69, 9.17) is 7.12 Å². The first-order chi connectivity index (χ1) is 9.32. The van der Waals surface area contributed by atoms with Gasteiger partial charge in [-0.1, -0.05) is 0 Å². The van der Waals surface area contributed by atoms with E-state index in [-0.39, 0.29) is 0 Å². The first kappa shape index (κ1) is 14.4. The fraction of sp³-hybridized carbons (Fsp3) is 0.455. The van der Waals surface area contributed by atoms with Crippen LogP contribution in [0.5, 0.6) is 0 Å². The van der Waals surface area contributed by atoms with Crippen LogP contribution in [0.15, 0.2) is 23.1 Å². The standard InChI is InChI=1S/C11H13BF3N3S2/c12-20(19)8-5-6(13)1-2-7(8)16-10(18-20)17-11(3-4-11)9(14)15/h1-2,5,9-10,16-19H,3-4H2. The van der Waals surface area contributed by atoms with Crippen molar-refractivity contribution in [3.8, 4) is 0 Å². The third-order valence-corrected chi connectivity index (χ3v) is 6.02. The Labute approximate surface area is 122 Å². The molecule has 2 radical (unpaired) electrons. The topological polar surface area (TPSA) is 36.1 Å². The second-order valence-electron chi connectivity index (χ2n) is 5.06. The van der Waals surface area contributed by atoms with Crippen LogP contribution >= 0.6 is 20.8 Å². The smallest absolute Gasteiger partial charge is 0.256 e. The van der Waals surface area contributed by atoms with Crippen molar-refractivity contribution in [3.05, 3.63) is 24.0 Å². The van der Waals surface area contributed by atoms with E-state index in [1.165, 1.54) is 18.2 Å². The van der Waals surface area contributed by atoms with Gasteiger partial charge in [0.2, 0.25) is 0 Å². The third-order valence-electron chi connectivity index (χ3n) is 3.51. The molecule has 1 aliphatic carbocycles. The van der Waals surface area contributed by atoms with E-state index in [2.05, 4.69) is 27.0 Å². The summed E-state index contributed by atoms with van der Waals surface area (Å²) in [5.74, 6) is -0.415. The van der Waals surface area contributed by atoms with Crippen molar-refractivity contribution in [2.24, 2.45) is 0 Å². The fourth-order valence-electron chi connectivity index (χ4n) is 2.21. The van der Waals surface area contributed by atoms with E-state index in [9.17, 15) is 13.2 Å². The molecule has 1 aliphatic heterocycles. The highest BCUT2D eigenvalue weighted by Gasteiger charge is 2.52. The Morgan fingerprint density at radius 1 is 1.45 bits per heavy atom. The van der Waals surface area contributed by atoms with Gasteiger partial charge in [0.15, 0.2) is 7.12 Å². The average Bonchev–Trinajstić information content (AvgIpc) is 3.10. The Morgan fingerprint density at radius 3 is 2.75 bits per heavy atom. The van der Waals surface area contributed by atoms with Crippen LogP contribution in [-0.2, 0) is 0 Å². The number of rotatable bonds is 3. The summed E-state index contributed by atoms with van der Waals surface area (Å²) in [7, 11) is 3.82. The van der Waals surface area contributed by atoms with Crippen molar-refractivity contribution in [1.82, 2.24) is 10.0 Å². The summed E-state index contributed by atoms with van der Waals surface area (Å²) in [4.78, 5) is 0.515. The van der Waals surface area contributed by atoms with Gasteiger partial charge in [-0.25, -0.2) is 17.9 Å². The summed E-state index contributed by atoms with van der Waals surface area (Å²) >= 11 is 4.34. The molecule has 3 N–H and O–H groups in total. The summed E-state index contributed by atoms with van der Waals surface area (Å²) in [5, 5.41) is 5.84. The van der Waals surface area contributed by atoms with E-state index in [1.54, 1.807) is 0 Å². The van der Waals surface area contributed by atoms with E-state index in [0.717, 1.165) is 0 Å². The van der Waals surface area contributed by atoms with Gasteiger partial charge in [-0.3, -0.25) is 5.32 Å². The summed E-state index contributed by atoms with van der Waals surface area (Å²) in [6, 6.07) is 4.12. The van der Waals surface area contributed by atoms with Gasteiger partial charge in [0.25, 0.3) is 6.43 Å². The molecule has 0 spiro atoms. The van der Waals surface area contributed by atoms with E-state index in [1.807, 2.05) is 0 Å². The Balaban J connectivity index is 1.83. The number of thiol groups is 1. The van der Waals surface area contributed by atoms with Gasteiger partial charge in [-0.15, -0.1) is 11.7 Å². The van der Waals surface area contributed by atoms with Crippen LogP contribution in [-0.4, -0.2) is 25.4 Å². The zero-order valence-corrected chi connectivity index (χ0v) is 12.1. The molecule has 0 amide bonds. The first-order valence-corrected chi connectivity index (χ1v) is 8.80. The minimum atomic E-state index is -2.44. The molecule has 0 saturated heterocycles. The van der Waals surface area contributed by atoms with Crippen molar-refractivity contribution in [1.29, 1.82) is 0 Å². The summed E-state index contributed by atoms with van der Waals surface area (Å²) < 4.78 is 42.1. The zero-order valence-electron chi connectivity index (χ0n) is 10.4. The van der Waals surface area contributed by atoms with E-state index < -0.39 is 33.2 Å². The quantitative estimate of drug-likeness (QED) is 0.393. The maximum Gasteiger partial charge on any atom is 0.256 e. The summed E-state index contributed by atoms with van der Waals surface area (Å²) in [6.07, 6.45) is -2.23. The second kappa shape index (κ2) is 4.76. The van der Waals surface area contributed by atoms with Gasteiger partial charge >= 0.3 is 0 Å². The average molecular weight is 319 g/mol. The van der Waals surface area contributed by atoms with Crippen LogP contribution in [0.1, 0.15) is 12.8 Å². The van der Waals surface area contributed by atoms with Gasteiger partial charge in [-0.2, -0.15) is 9.10 Å². The Morgan fingerprint density at radius 2 is 2.15 bits per heavy atom. The minimum Gasteiger partial charge on any atom is -0.356 e. The molecule has 1 saturated carbocycles. The molecule has 9 heteroatoms. The highest BCUT2D eigenvalue weighted by atomic mass is 33.1. The van der Waals surface area contributed by atoms with Gasteiger partial charge in [-0.05, 0) is 31.0 Å². The molecule has 3 nitrogen and oxygen atoms in total. The van der Waals surface area contributed by atoms with Crippen molar-refractivity contribution in [3.63, 3.8) is 0 Å². The van der Waals surface area contributed by atoms with Crippen LogP contribution in [0.2, 0.25) is 0 Å². The number of alkyl halides is 2. The normalized spacial score (nSPS) is 34.0. The molecule has 1 aromatic carbocycles. The SMILES string of the molecule is [B]S1(S)NC(NC2(C(F)F)CC2)Nc2ccc(F)cc21. The van der Waals surface area contributed by atoms with E-state index in [0.29, 0.717) is 23.4 Å². The number of fused-ring (bicyclic) bond motifs is 1. The lowest BCUT2D eigenvalue weighted by Crippen LogP contribution is -2.57. The molecule has 1 fully saturated rings. The minimum absolute atomic E-state index is 0.415. The van der Waals surface area contributed by atoms with Gasteiger partial charge in [0, 0.05) is 10.6 Å². The van der Waals surface area contributed by atoms with Gasteiger partial charge in [0.1, 0.15) is 12.1 Å². The highest BCUT2D eigenvalue weighted by Crippen LogP contribution is 2.57. The largest absolute Gasteiger partial charge is 0.356 e. The number of anilines is 1. The van der Waals surface area contributed by atoms with Crippen molar-refractivity contribution >= 4 is 33.6 Å². The Kier molecular flexibility index (Phi) is 3.43. The monoisotopic (exact) mass is 319 g/mol. The van der Waals surface area contributed by atoms with Gasteiger partial charge in [0.05, 0.1) is 5.54 Å². The molecular weight excluding hydrogens is 306 g/mol. The van der Waals surface area contributed by atoms with Crippen molar-refractivity contribution in [2.45, 2.75) is 36.0 Å². The number of hydrogen-bond donors (Lipinski definition) is 4. The molecule has 3 rings (SSSR count). The highest BCUT2D eigenvalue weighted by molar-refractivity contribution is 8.96. The molecule has 2 atom stereocenters. The predicted octanol–water partition coefficient (Wildman–Crippen LogP) is 2.52. The van der Waals surface area contributed by atoms with Crippen LogP contribution in [0.4, 0.5) is 18.9 Å². The maximum atomic E-state index is 13.3. The predicted molar refractivity (Wildman–Crippen MR) is 78.6 cm³/mol. The van der Waals surface area contributed by atoms with Crippen LogP contribution in [0.25, 0.3) is 0 Å². The zero-order chi connectivity index (χ0) is 14.5. The number of nitrogens with one attached hydrogen (secondary N) is 3. The molecule has 2 aliphatic rings. The van der Waals surface area contributed by atoms with Gasteiger partial charge < -0.3 is 5.32 Å². The second-order valence-corrected chi connectivity index (χ2v) is 8.72. The van der Waals surface area contributed by atoms with Crippen LogP contribution in [0.3, 0.4) is 0 Å². The Hall–Kier alpha value is -0.505. The van der Waals surface area contributed by atoms with Crippen LogP contribution in [0, 0.1) is 5.82 Å². The molecule has 108 valence electrons. The number of hydrogen-bond acceptors (Lipinski definition) is 4. The summed E-state index contributed by atoms with van der Waals surface area (Å²) in [6.45, 7) is 0. The first-order valence-electron chi connectivity index (χ1n) is 6.05. The molecule has 0 bridgehead atoms. The molecular formula is C11H13BF3N3S2. The van der Waals surface area contributed by atoms with Crippen molar-refractivity contribution in [2.75, 3.05) is 5.32 Å². The Bertz CT molecular complexity index is 540. The lowest BCUT2D eigenvalue weighted by molar-refractivity contribution is 0.0800. The lowest BCUT2D eigenvalue weighted by Gasteiger charge is -2.44. The maximum absolute atomic E-state index is 13.3. The molecule has 1 heterocycles. The third kappa shape index (κ3) is 2.52. The summed E-state index contributed by atoms with van der Waals surface area (Å²) in [5.41, 5.74) is -0.564.